The van der Waals surface area contributed by atoms with E-state index in [0.29, 0.717) is 10.7 Å². The molecule has 0 aliphatic rings. The lowest BCUT2D eigenvalue weighted by Crippen LogP contribution is -2.11. The zero-order chi connectivity index (χ0) is 14.7. The number of hydrogen-bond donors (Lipinski definition) is 2. The first kappa shape index (κ1) is 14.4. The van der Waals surface area contributed by atoms with Crippen LogP contribution in [0.15, 0.2) is 42.5 Å². The lowest BCUT2D eigenvalue weighted by atomic mass is 10.1. The van der Waals surface area contributed by atoms with E-state index in [-0.39, 0.29) is 11.6 Å². The van der Waals surface area contributed by atoms with E-state index in [1.165, 1.54) is 0 Å². The predicted molar refractivity (Wildman–Crippen MR) is 81.6 cm³/mol. The van der Waals surface area contributed by atoms with Crippen LogP contribution in [0.5, 0.6) is 0 Å². The minimum Gasteiger partial charge on any atom is -0.478 e. The van der Waals surface area contributed by atoms with Crippen LogP contribution in [0, 0.1) is 6.92 Å². The highest BCUT2D eigenvalue weighted by Gasteiger charge is 2.13. The average Bonchev–Trinajstić information content (AvgIpc) is 2.38. The zero-order valence-electron chi connectivity index (χ0n) is 11.4. The standard InChI is InChI=1S/C16H16ClNO2/c1-10-6-7-14(16(19)20)15(8-10)18-11(2)12-4-3-5-13(17)9-12/h3-9,11,18H,1-2H3,(H,19,20). The molecule has 104 valence electrons. The molecule has 2 aromatic rings. The number of hydrogen-bond acceptors (Lipinski definition) is 2. The highest BCUT2D eigenvalue weighted by Crippen LogP contribution is 2.25. The predicted octanol–water partition coefficient (Wildman–Crippen LogP) is 4.52. The van der Waals surface area contributed by atoms with E-state index in [9.17, 15) is 9.90 Å². The maximum absolute atomic E-state index is 11.2. The van der Waals surface area contributed by atoms with Gasteiger partial charge in [0.2, 0.25) is 0 Å². The number of rotatable bonds is 4. The molecule has 2 aromatic carbocycles. The van der Waals surface area contributed by atoms with E-state index in [4.69, 9.17) is 11.6 Å². The summed E-state index contributed by atoms with van der Waals surface area (Å²) in [7, 11) is 0. The fourth-order valence-electron chi connectivity index (χ4n) is 2.06. The Bertz CT molecular complexity index is 640. The van der Waals surface area contributed by atoms with Crippen LogP contribution in [0.2, 0.25) is 5.02 Å². The molecule has 0 radical (unpaired) electrons. The summed E-state index contributed by atoms with van der Waals surface area (Å²) in [6.07, 6.45) is 0. The van der Waals surface area contributed by atoms with E-state index in [1.807, 2.05) is 44.2 Å². The minimum absolute atomic E-state index is 0.0337. The van der Waals surface area contributed by atoms with Crippen molar-refractivity contribution < 1.29 is 9.90 Å². The van der Waals surface area contributed by atoms with Gasteiger partial charge in [0.1, 0.15) is 0 Å². The number of carbonyl (C=O) groups is 1. The molecule has 0 aromatic heterocycles. The molecule has 1 atom stereocenters. The zero-order valence-corrected chi connectivity index (χ0v) is 12.1. The molecule has 0 aliphatic heterocycles. The molecule has 0 heterocycles. The Morgan fingerprint density at radius 3 is 2.65 bits per heavy atom. The lowest BCUT2D eigenvalue weighted by molar-refractivity contribution is 0.0698. The number of aromatic carboxylic acids is 1. The van der Waals surface area contributed by atoms with Gasteiger partial charge in [0.15, 0.2) is 0 Å². The van der Waals surface area contributed by atoms with Gasteiger partial charge in [-0.15, -0.1) is 0 Å². The van der Waals surface area contributed by atoms with Crippen LogP contribution in [0.1, 0.15) is 34.5 Å². The Morgan fingerprint density at radius 2 is 2.00 bits per heavy atom. The molecular weight excluding hydrogens is 274 g/mol. The summed E-state index contributed by atoms with van der Waals surface area (Å²) in [4.78, 5) is 11.2. The van der Waals surface area contributed by atoms with E-state index in [2.05, 4.69) is 5.32 Å². The van der Waals surface area contributed by atoms with Crippen molar-refractivity contribution in [2.45, 2.75) is 19.9 Å². The van der Waals surface area contributed by atoms with Crippen molar-refractivity contribution in [1.82, 2.24) is 0 Å². The number of carboxylic acids is 1. The van der Waals surface area contributed by atoms with Crippen molar-refractivity contribution >= 4 is 23.3 Å². The molecule has 2 rings (SSSR count). The van der Waals surface area contributed by atoms with E-state index >= 15 is 0 Å². The third-order valence-electron chi connectivity index (χ3n) is 3.13. The fraction of sp³-hybridized carbons (Fsp3) is 0.188. The van der Waals surface area contributed by atoms with Gasteiger partial charge in [-0.3, -0.25) is 0 Å². The molecule has 0 fully saturated rings. The van der Waals surface area contributed by atoms with Crippen LogP contribution >= 0.6 is 11.6 Å². The number of aryl methyl sites for hydroxylation is 1. The van der Waals surface area contributed by atoms with Gasteiger partial charge in [0.25, 0.3) is 0 Å². The Kier molecular flexibility index (Phi) is 4.30. The molecule has 20 heavy (non-hydrogen) atoms. The first-order valence-electron chi connectivity index (χ1n) is 6.33. The van der Waals surface area contributed by atoms with Gasteiger partial charge in [-0.1, -0.05) is 29.8 Å². The second kappa shape index (κ2) is 5.97. The first-order valence-corrected chi connectivity index (χ1v) is 6.71. The van der Waals surface area contributed by atoms with Crippen molar-refractivity contribution in [3.8, 4) is 0 Å². The molecule has 1 unspecified atom stereocenters. The third kappa shape index (κ3) is 3.31. The summed E-state index contributed by atoms with van der Waals surface area (Å²) in [6.45, 7) is 3.90. The second-order valence-electron chi connectivity index (χ2n) is 4.78. The van der Waals surface area contributed by atoms with Gasteiger partial charge in [-0.25, -0.2) is 4.79 Å². The minimum atomic E-state index is -0.939. The van der Waals surface area contributed by atoms with Crippen LogP contribution < -0.4 is 5.32 Å². The topological polar surface area (TPSA) is 49.3 Å². The molecule has 0 aliphatic carbocycles. The average molecular weight is 290 g/mol. The van der Waals surface area contributed by atoms with Gasteiger partial charge in [-0.2, -0.15) is 0 Å². The molecule has 3 nitrogen and oxygen atoms in total. The van der Waals surface area contributed by atoms with Crippen molar-refractivity contribution in [2.24, 2.45) is 0 Å². The Balaban J connectivity index is 2.29. The highest BCUT2D eigenvalue weighted by atomic mass is 35.5. The van der Waals surface area contributed by atoms with Gasteiger partial charge >= 0.3 is 5.97 Å². The molecule has 0 spiro atoms. The van der Waals surface area contributed by atoms with E-state index in [1.54, 1.807) is 12.1 Å². The van der Waals surface area contributed by atoms with Gasteiger partial charge in [-0.05, 0) is 49.2 Å². The summed E-state index contributed by atoms with van der Waals surface area (Å²) in [5.41, 5.74) is 2.90. The SMILES string of the molecule is Cc1ccc(C(=O)O)c(NC(C)c2cccc(Cl)c2)c1. The van der Waals surface area contributed by atoms with Gasteiger partial charge < -0.3 is 10.4 Å². The summed E-state index contributed by atoms with van der Waals surface area (Å²) in [6, 6.07) is 12.7. The molecular formula is C16H16ClNO2. The Morgan fingerprint density at radius 1 is 1.25 bits per heavy atom. The van der Waals surface area contributed by atoms with E-state index < -0.39 is 5.97 Å². The summed E-state index contributed by atoms with van der Waals surface area (Å²) < 4.78 is 0. The maximum Gasteiger partial charge on any atom is 0.337 e. The normalized spacial score (nSPS) is 11.9. The van der Waals surface area contributed by atoms with E-state index in [0.717, 1.165) is 11.1 Å². The van der Waals surface area contributed by atoms with Crippen LogP contribution in [0.3, 0.4) is 0 Å². The number of anilines is 1. The van der Waals surface area contributed by atoms with Crippen molar-refractivity contribution in [3.63, 3.8) is 0 Å². The smallest absolute Gasteiger partial charge is 0.337 e. The molecule has 2 N–H and O–H groups in total. The van der Waals surface area contributed by atoms with Crippen LogP contribution in [-0.2, 0) is 0 Å². The molecule has 4 heteroatoms. The van der Waals surface area contributed by atoms with Crippen molar-refractivity contribution in [2.75, 3.05) is 5.32 Å². The third-order valence-corrected chi connectivity index (χ3v) is 3.36. The summed E-state index contributed by atoms with van der Waals surface area (Å²) >= 11 is 5.98. The Labute approximate surface area is 123 Å². The van der Waals surface area contributed by atoms with Gasteiger partial charge in [0, 0.05) is 16.8 Å². The van der Waals surface area contributed by atoms with Crippen molar-refractivity contribution in [3.05, 3.63) is 64.2 Å². The lowest BCUT2D eigenvalue weighted by Gasteiger charge is -2.18. The number of benzene rings is 2. The monoisotopic (exact) mass is 289 g/mol. The summed E-state index contributed by atoms with van der Waals surface area (Å²) in [5, 5.41) is 13.1. The molecule has 0 bridgehead atoms. The molecule has 0 amide bonds. The number of carboxylic acid groups (broad SMARTS) is 1. The second-order valence-corrected chi connectivity index (χ2v) is 5.21. The number of halogens is 1. The highest BCUT2D eigenvalue weighted by molar-refractivity contribution is 6.30. The van der Waals surface area contributed by atoms with Crippen LogP contribution in [0.25, 0.3) is 0 Å². The van der Waals surface area contributed by atoms with Crippen molar-refractivity contribution in [1.29, 1.82) is 0 Å². The quantitative estimate of drug-likeness (QED) is 0.870. The van der Waals surface area contributed by atoms with Gasteiger partial charge in [0.05, 0.1) is 5.56 Å². The largest absolute Gasteiger partial charge is 0.478 e. The maximum atomic E-state index is 11.2. The van der Waals surface area contributed by atoms with Crippen LogP contribution in [0.4, 0.5) is 5.69 Å². The number of nitrogens with one attached hydrogen (secondary N) is 1. The fourth-order valence-corrected chi connectivity index (χ4v) is 2.26. The molecule has 0 saturated heterocycles. The van der Waals surface area contributed by atoms with Crippen LogP contribution in [-0.4, -0.2) is 11.1 Å². The Hall–Kier alpha value is -2.00. The molecule has 0 saturated carbocycles. The summed E-state index contributed by atoms with van der Waals surface area (Å²) in [5.74, 6) is -0.939. The first-order chi connectivity index (χ1) is 9.47.